The van der Waals surface area contributed by atoms with Crippen molar-refractivity contribution >= 4 is 11.8 Å². The molecule has 1 N–H and O–H groups in total. The molecule has 1 saturated carbocycles. The maximum atomic E-state index is 11.8. The number of pyridine rings is 1. The third kappa shape index (κ3) is 5.12. The van der Waals surface area contributed by atoms with Gasteiger partial charge in [-0.15, -0.1) is 0 Å². The van der Waals surface area contributed by atoms with Crippen molar-refractivity contribution in [3.05, 3.63) is 48.3 Å². The van der Waals surface area contributed by atoms with Gasteiger partial charge in [0.15, 0.2) is 11.5 Å². The Hall–Kier alpha value is -2.76. The Morgan fingerprint density at radius 1 is 1.19 bits per heavy atom. The van der Waals surface area contributed by atoms with Gasteiger partial charge >= 0.3 is 6.09 Å². The summed E-state index contributed by atoms with van der Waals surface area (Å²) in [5, 5.41) is 2.68. The first kappa shape index (κ1) is 18.0. The maximum absolute atomic E-state index is 11.8. The van der Waals surface area contributed by atoms with Crippen molar-refractivity contribution in [1.29, 1.82) is 0 Å². The second kappa shape index (κ2) is 9.08. The van der Waals surface area contributed by atoms with E-state index in [-0.39, 0.29) is 12.7 Å². The Morgan fingerprint density at radius 2 is 1.96 bits per heavy atom. The first-order valence-electron chi connectivity index (χ1n) is 8.93. The summed E-state index contributed by atoms with van der Waals surface area (Å²) < 4.78 is 16.6. The average Bonchev–Trinajstić information content (AvgIpc) is 3.16. The molecule has 26 heavy (non-hydrogen) atoms. The van der Waals surface area contributed by atoms with Crippen LogP contribution in [-0.4, -0.2) is 30.9 Å². The summed E-state index contributed by atoms with van der Waals surface area (Å²) in [6, 6.07) is 11.1. The van der Waals surface area contributed by atoms with Crippen LogP contribution in [0.2, 0.25) is 0 Å². The molecule has 1 aliphatic rings. The number of carbonyl (C=O) groups excluding carboxylic acids is 1. The van der Waals surface area contributed by atoms with Crippen LogP contribution in [0.3, 0.4) is 0 Å². The Morgan fingerprint density at radius 3 is 2.69 bits per heavy atom. The van der Waals surface area contributed by atoms with E-state index in [0.717, 1.165) is 18.5 Å². The number of methoxy groups -OCH3 is 1. The number of hydrogen-bond donors (Lipinski definition) is 1. The number of benzene rings is 1. The standard InChI is InChI=1S/C20H24N2O4/c1-24-19-14-21-16(13-18(19)26-17-9-5-6-10-17)11-12-25-20(23)22-15-7-3-2-4-8-15/h2-4,7-8,13-14,17H,5-6,9-12H2,1H3,(H,22,23). The predicted molar refractivity (Wildman–Crippen MR) is 98.8 cm³/mol. The molecular weight excluding hydrogens is 332 g/mol. The number of ether oxygens (including phenoxy) is 3. The fraction of sp³-hybridized carbons (Fsp3) is 0.400. The summed E-state index contributed by atoms with van der Waals surface area (Å²) >= 11 is 0. The van der Waals surface area contributed by atoms with E-state index in [0.29, 0.717) is 23.6 Å². The third-order valence-corrected chi connectivity index (χ3v) is 4.32. The van der Waals surface area contributed by atoms with E-state index in [2.05, 4.69) is 10.3 Å². The third-order valence-electron chi connectivity index (χ3n) is 4.32. The fourth-order valence-electron chi connectivity index (χ4n) is 2.96. The molecule has 0 aliphatic heterocycles. The number of para-hydroxylation sites is 1. The van der Waals surface area contributed by atoms with Crippen molar-refractivity contribution in [3.8, 4) is 11.5 Å². The molecule has 6 heteroatoms. The molecule has 0 bridgehead atoms. The smallest absolute Gasteiger partial charge is 0.411 e. The van der Waals surface area contributed by atoms with Crippen LogP contribution in [0, 0.1) is 0 Å². The van der Waals surface area contributed by atoms with Gasteiger partial charge in [-0.2, -0.15) is 0 Å². The summed E-state index contributed by atoms with van der Waals surface area (Å²) in [5.41, 5.74) is 1.50. The minimum absolute atomic E-state index is 0.237. The van der Waals surface area contributed by atoms with Crippen LogP contribution in [0.5, 0.6) is 11.5 Å². The van der Waals surface area contributed by atoms with Gasteiger partial charge in [-0.25, -0.2) is 4.79 Å². The van der Waals surface area contributed by atoms with Gasteiger partial charge in [0.2, 0.25) is 0 Å². The first-order valence-corrected chi connectivity index (χ1v) is 8.93. The van der Waals surface area contributed by atoms with Crippen molar-refractivity contribution in [2.45, 2.75) is 38.2 Å². The number of hydrogen-bond acceptors (Lipinski definition) is 5. The summed E-state index contributed by atoms with van der Waals surface area (Å²) in [6.07, 6.45) is 6.48. The normalized spacial score (nSPS) is 14.0. The van der Waals surface area contributed by atoms with Crippen LogP contribution in [0.4, 0.5) is 10.5 Å². The van der Waals surface area contributed by atoms with Crippen molar-refractivity contribution in [2.75, 3.05) is 19.0 Å². The Labute approximate surface area is 153 Å². The zero-order chi connectivity index (χ0) is 18.2. The molecule has 2 aromatic rings. The van der Waals surface area contributed by atoms with Gasteiger partial charge in [0, 0.05) is 23.9 Å². The number of aromatic nitrogens is 1. The second-order valence-corrected chi connectivity index (χ2v) is 6.23. The number of anilines is 1. The van der Waals surface area contributed by atoms with Gasteiger partial charge in [0.25, 0.3) is 0 Å². The summed E-state index contributed by atoms with van der Waals surface area (Å²) in [7, 11) is 1.61. The van der Waals surface area contributed by atoms with Crippen molar-refractivity contribution in [2.24, 2.45) is 0 Å². The van der Waals surface area contributed by atoms with Crippen LogP contribution in [0.25, 0.3) is 0 Å². The number of amides is 1. The minimum Gasteiger partial charge on any atom is -0.491 e. The lowest BCUT2D eigenvalue weighted by Crippen LogP contribution is -2.16. The number of carbonyl (C=O) groups is 1. The van der Waals surface area contributed by atoms with Crippen LogP contribution in [0.15, 0.2) is 42.6 Å². The van der Waals surface area contributed by atoms with Gasteiger partial charge in [-0.1, -0.05) is 18.2 Å². The van der Waals surface area contributed by atoms with E-state index in [1.807, 2.05) is 24.3 Å². The van der Waals surface area contributed by atoms with E-state index in [1.165, 1.54) is 12.8 Å². The fourth-order valence-corrected chi connectivity index (χ4v) is 2.96. The first-order chi connectivity index (χ1) is 12.7. The van der Waals surface area contributed by atoms with Gasteiger partial charge in [-0.3, -0.25) is 10.3 Å². The van der Waals surface area contributed by atoms with E-state index < -0.39 is 6.09 Å². The predicted octanol–water partition coefficient (Wildman–Crippen LogP) is 4.20. The zero-order valence-corrected chi connectivity index (χ0v) is 14.9. The molecule has 1 aromatic heterocycles. The van der Waals surface area contributed by atoms with Crippen LogP contribution < -0.4 is 14.8 Å². The molecule has 1 amide bonds. The zero-order valence-electron chi connectivity index (χ0n) is 14.9. The number of nitrogens with zero attached hydrogens (tertiary/aromatic N) is 1. The monoisotopic (exact) mass is 356 g/mol. The minimum atomic E-state index is -0.479. The molecule has 6 nitrogen and oxygen atoms in total. The maximum Gasteiger partial charge on any atom is 0.411 e. The molecule has 1 fully saturated rings. The molecule has 0 unspecified atom stereocenters. The van der Waals surface area contributed by atoms with E-state index in [1.54, 1.807) is 25.4 Å². The molecule has 0 radical (unpaired) electrons. The molecule has 0 atom stereocenters. The van der Waals surface area contributed by atoms with Gasteiger partial charge < -0.3 is 14.2 Å². The highest BCUT2D eigenvalue weighted by Crippen LogP contribution is 2.31. The van der Waals surface area contributed by atoms with E-state index in [4.69, 9.17) is 14.2 Å². The SMILES string of the molecule is COc1cnc(CCOC(=O)Nc2ccccc2)cc1OC1CCCC1. The Bertz CT molecular complexity index is 715. The molecule has 1 aliphatic carbocycles. The average molecular weight is 356 g/mol. The highest BCUT2D eigenvalue weighted by Gasteiger charge is 2.19. The van der Waals surface area contributed by atoms with Crippen molar-refractivity contribution in [1.82, 2.24) is 4.98 Å². The molecule has 3 rings (SSSR count). The topological polar surface area (TPSA) is 69.7 Å². The summed E-state index contributed by atoms with van der Waals surface area (Å²) in [5.74, 6) is 1.33. The van der Waals surface area contributed by atoms with Gasteiger partial charge in [0.1, 0.15) is 0 Å². The summed E-state index contributed by atoms with van der Waals surface area (Å²) in [4.78, 5) is 16.2. The molecule has 1 heterocycles. The van der Waals surface area contributed by atoms with Gasteiger partial charge in [-0.05, 0) is 37.8 Å². The van der Waals surface area contributed by atoms with Crippen LogP contribution >= 0.6 is 0 Å². The van der Waals surface area contributed by atoms with Crippen LogP contribution in [-0.2, 0) is 11.2 Å². The van der Waals surface area contributed by atoms with Gasteiger partial charge in [0.05, 0.1) is 26.0 Å². The summed E-state index contributed by atoms with van der Waals surface area (Å²) in [6.45, 7) is 0.237. The Balaban J connectivity index is 1.51. The van der Waals surface area contributed by atoms with E-state index >= 15 is 0 Å². The lowest BCUT2D eigenvalue weighted by Gasteiger charge is -2.16. The quantitative estimate of drug-likeness (QED) is 0.805. The highest BCUT2D eigenvalue weighted by molar-refractivity contribution is 5.84. The largest absolute Gasteiger partial charge is 0.491 e. The molecular formula is C20H24N2O4. The lowest BCUT2D eigenvalue weighted by atomic mass is 10.2. The lowest BCUT2D eigenvalue weighted by molar-refractivity contribution is 0.162. The highest BCUT2D eigenvalue weighted by atomic mass is 16.5. The van der Waals surface area contributed by atoms with Crippen molar-refractivity contribution in [3.63, 3.8) is 0 Å². The van der Waals surface area contributed by atoms with E-state index in [9.17, 15) is 4.79 Å². The van der Waals surface area contributed by atoms with Crippen molar-refractivity contribution < 1.29 is 19.0 Å². The second-order valence-electron chi connectivity index (χ2n) is 6.23. The number of nitrogens with one attached hydrogen (secondary N) is 1. The molecule has 138 valence electrons. The molecule has 1 aromatic carbocycles. The number of rotatable bonds is 7. The molecule has 0 saturated heterocycles. The molecule has 0 spiro atoms. The van der Waals surface area contributed by atoms with Crippen LogP contribution in [0.1, 0.15) is 31.4 Å². The Kier molecular flexibility index (Phi) is 6.30.